The molecule has 0 aliphatic heterocycles. The zero-order valence-corrected chi connectivity index (χ0v) is 8.93. The molecule has 82 valence electrons. The lowest BCUT2D eigenvalue weighted by molar-refractivity contribution is -0.114. The molecule has 3 nitrogen and oxygen atoms in total. The quantitative estimate of drug-likeness (QED) is 0.476. The van der Waals surface area contributed by atoms with Gasteiger partial charge in [-0.05, 0) is 42.0 Å². The van der Waals surface area contributed by atoms with Gasteiger partial charge in [0, 0.05) is 6.42 Å². The summed E-state index contributed by atoms with van der Waals surface area (Å²) in [4.78, 5) is 21.8. The zero-order valence-electron chi connectivity index (χ0n) is 8.93. The lowest BCUT2D eigenvalue weighted by Crippen LogP contribution is -1.88. The van der Waals surface area contributed by atoms with Crippen LogP contribution in [0.5, 0.6) is 5.75 Å². The maximum absolute atomic E-state index is 11.0. The van der Waals surface area contributed by atoms with Gasteiger partial charge in [0.1, 0.15) is 11.7 Å². The molecule has 0 amide bonds. The minimum absolute atomic E-state index is 0.0495. The Balaban J connectivity index is 2.93. The molecule has 0 saturated carbocycles. The number of hydrogen-bond acceptors (Lipinski definition) is 3. The van der Waals surface area contributed by atoms with E-state index in [0.717, 1.165) is 0 Å². The number of carbonyl (C=O) groups excluding carboxylic acids is 2. The van der Waals surface area contributed by atoms with Gasteiger partial charge in [-0.3, -0.25) is 4.79 Å². The summed E-state index contributed by atoms with van der Waals surface area (Å²) in [5.74, 6) is 1.84. The monoisotopic (exact) mass is 216 g/mol. The van der Waals surface area contributed by atoms with Crippen LogP contribution < -0.4 is 0 Å². The van der Waals surface area contributed by atoms with Gasteiger partial charge in [-0.2, -0.15) is 0 Å². The van der Waals surface area contributed by atoms with Gasteiger partial charge >= 0.3 is 0 Å². The van der Waals surface area contributed by atoms with E-state index in [1.54, 1.807) is 25.0 Å². The van der Waals surface area contributed by atoms with Gasteiger partial charge in [-0.1, -0.05) is 6.92 Å². The summed E-state index contributed by atoms with van der Waals surface area (Å²) in [6, 6.07) is 6.14. The van der Waals surface area contributed by atoms with E-state index in [2.05, 4.69) is 0 Å². The summed E-state index contributed by atoms with van der Waals surface area (Å²) >= 11 is 0. The van der Waals surface area contributed by atoms with Crippen molar-refractivity contribution in [3.8, 4) is 5.75 Å². The largest absolute Gasteiger partial charge is 0.508 e. The van der Waals surface area contributed by atoms with Crippen LogP contribution in [0.15, 0.2) is 36.4 Å². The van der Waals surface area contributed by atoms with E-state index in [9.17, 15) is 9.59 Å². The topological polar surface area (TPSA) is 54.4 Å². The minimum atomic E-state index is -0.0495. The van der Waals surface area contributed by atoms with Crippen LogP contribution in [0.4, 0.5) is 0 Å². The Kier molecular flexibility index (Phi) is 4.25. The maximum atomic E-state index is 11.0. The smallest absolute Gasteiger partial charge is 0.155 e. The third-order valence-electron chi connectivity index (χ3n) is 2.07. The lowest BCUT2D eigenvalue weighted by Gasteiger charge is -1.97. The van der Waals surface area contributed by atoms with E-state index < -0.39 is 0 Å². The highest BCUT2D eigenvalue weighted by Gasteiger charge is 2.00. The molecular formula is C13H12O3. The van der Waals surface area contributed by atoms with Gasteiger partial charge in [0.25, 0.3) is 0 Å². The summed E-state index contributed by atoms with van der Waals surface area (Å²) in [5, 5.41) is 9.09. The first-order valence-electron chi connectivity index (χ1n) is 4.92. The van der Waals surface area contributed by atoms with E-state index in [1.807, 2.05) is 0 Å². The fourth-order valence-electron chi connectivity index (χ4n) is 1.12. The van der Waals surface area contributed by atoms with E-state index in [1.165, 1.54) is 24.3 Å². The van der Waals surface area contributed by atoms with Gasteiger partial charge in [0.15, 0.2) is 5.78 Å². The summed E-state index contributed by atoms with van der Waals surface area (Å²) in [6.45, 7) is 1.75. The predicted molar refractivity (Wildman–Crippen MR) is 61.6 cm³/mol. The average molecular weight is 216 g/mol. The molecule has 0 aromatic heterocycles. The van der Waals surface area contributed by atoms with E-state index in [-0.39, 0.29) is 11.5 Å². The number of rotatable bonds is 4. The highest BCUT2D eigenvalue weighted by Crippen LogP contribution is 2.16. The Morgan fingerprint density at radius 2 is 1.94 bits per heavy atom. The number of benzene rings is 1. The molecular weight excluding hydrogens is 204 g/mol. The van der Waals surface area contributed by atoms with Crippen molar-refractivity contribution >= 4 is 17.3 Å². The molecule has 1 N–H and O–H groups in total. The van der Waals surface area contributed by atoms with Gasteiger partial charge in [0.05, 0.1) is 5.57 Å². The molecule has 1 aromatic rings. The molecule has 0 spiro atoms. The third kappa shape index (κ3) is 3.23. The SMILES string of the molecule is CCC(=O)C=CC(=C=O)c1ccc(O)cc1. The van der Waals surface area contributed by atoms with Gasteiger partial charge < -0.3 is 5.11 Å². The van der Waals surface area contributed by atoms with Gasteiger partial charge in [0.2, 0.25) is 0 Å². The number of aromatic hydroxyl groups is 1. The van der Waals surface area contributed by atoms with Crippen molar-refractivity contribution in [1.82, 2.24) is 0 Å². The molecule has 0 bridgehead atoms. The first-order valence-corrected chi connectivity index (χ1v) is 4.92. The molecule has 0 aliphatic carbocycles. The van der Waals surface area contributed by atoms with Crippen molar-refractivity contribution < 1.29 is 14.7 Å². The Hall–Kier alpha value is -2.12. The van der Waals surface area contributed by atoms with Gasteiger partial charge in [-0.15, -0.1) is 0 Å². The van der Waals surface area contributed by atoms with Crippen LogP contribution in [-0.2, 0) is 9.59 Å². The lowest BCUT2D eigenvalue weighted by atomic mass is 10.1. The van der Waals surface area contributed by atoms with Crippen LogP contribution >= 0.6 is 0 Å². The van der Waals surface area contributed by atoms with Crippen molar-refractivity contribution in [3.63, 3.8) is 0 Å². The number of phenolic OH excluding ortho intramolecular Hbond substituents is 1. The first-order chi connectivity index (χ1) is 7.67. The molecule has 0 saturated heterocycles. The molecule has 0 fully saturated rings. The molecule has 0 heterocycles. The Labute approximate surface area is 93.7 Å². The minimum Gasteiger partial charge on any atom is -0.508 e. The molecule has 1 aromatic carbocycles. The van der Waals surface area contributed by atoms with Crippen LogP contribution in [0.25, 0.3) is 5.57 Å². The second kappa shape index (κ2) is 5.69. The van der Waals surface area contributed by atoms with Crippen LogP contribution in [0.2, 0.25) is 0 Å². The Morgan fingerprint density at radius 1 is 1.31 bits per heavy atom. The second-order valence-corrected chi connectivity index (χ2v) is 3.22. The highest BCUT2D eigenvalue weighted by atomic mass is 16.3. The number of allylic oxidation sites excluding steroid dienone is 3. The highest BCUT2D eigenvalue weighted by molar-refractivity contribution is 5.98. The van der Waals surface area contributed by atoms with E-state index in [4.69, 9.17) is 5.11 Å². The zero-order chi connectivity index (χ0) is 12.0. The maximum Gasteiger partial charge on any atom is 0.155 e. The fraction of sp³-hybridized carbons (Fsp3) is 0.154. The normalized spacial score (nSPS) is 10.1. The van der Waals surface area contributed by atoms with Crippen LogP contribution in [0.1, 0.15) is 18.9 Å². The number of phenols is 1. The number of hydrogen-bond donors (Lipinski definition) is 1. The third-order valence-corrected chi connectivity index (χ3v) is 2.07. The molecule has 1 rings (SSSR count). The van der Waals surface area contributed by atoms with Crippen molar-refractivity contribution in [2.75, 3.05) is 0 Å². The number of carbonyl (C=O) groups is 1. The van der Waals surface area contributed by atoms with Crippen molar-refractivity contribution in [2.45, 2.75) is 13.3 Å². The summed E-state index contributed by atoms with van der Waals surface area (Å²) in [6.07, 6.45) is 3.19. The van der Waals surface area contributed by atoms with Crippen molar-refractivity contribution in [3.05, 3.63) is 42.0 Å². The Bertz CT molecular complexity index is 449. The molecule has 0 atom stereocenters. The standard InChI is InChI=1S/C13H12O3/c1-2-12(15)6-5-11(9-14)10-3-7-13(16)8-4-10/h3-8,16H,2H2,1H3. The number of ketones is 1. The van der Waals surface area contributed by atoms with Crippen molar-refractivity contribution in [2.24, 2.45) is 0 Å². The van der Waals surface area contributed by atoms with Crippen LogP contribution in [0.3, 0.4) is 0 Å². The van der Waals surface area contributed by atoms with E-state index >= 15 is 0 Å². The first kappa shape index (κ1) is 12.0. The molecule has 16 heavy (non-hydrogen) atoms. The molecule has 0 aliphatic rings. The Morgan fingerprint density at radius 3 is 2.44 bits per heavy atom. The van der Waals surface area contributed by atoms with Crippen LogP contribution in [0, 0.1) is 0 Å². The summed E-state index contributed by atoms with van der Waals surface area (Å²) < 4.78 is 0. The fourth-order valence-corrected chi connectivity index (χ4v) is 1.12. The summed E-state index contributed by atoms with van der Waals surface area (Å²) in [7, 11) is 0. The second-order valence-electron chi connectivity index (χ2n) is 3.22. The summed E-state index contributed by atoms with van der Waals surface area (Å²) in [5.41, 5.74) is 0.912. The predicted octanol–water partition coefficient (Wildman–Crippen LogP) is 2.14. The molecule has 3 heteroatoms. The molecule has 0 radical (unpaired) electrons. The molecule has 0 unspecified atom stereocenters. The average Bonchev–Trinajstić information content (AvgIpc) is 2.31. The van der Waals surface area contributed by atoms with E-state index in [0.29, 0.717) is 17.6 Å². The van der Waals surface area contributed by atoms with Crippen molar-refractivity contribution in [1.29, 1.82) is 0 Å². The van der Waals surface area contributed by atoms with Crippen LogP contribution in [-0.4, -0.2) is 16.8 Å². The van der Waals surface area contributed by atoms with Gasteiger partial charge in [-0.25, -0.2) is 4.79 Å².